The van der Waals surface area contributed by atoms with Crippen LogP contribution in [0.25, 0.3) is 0 Å². The van der Waals surface area contributed by atoms with Crippen LogP contribution < -0.4 is 10.1 Å². The number of nitrogens with zero attached hydrogens (tertiary/aromatic N) is 1. The van der Waals surface area contributed by atoms with Crippen LogP contribution in [-0.2, 0) is 12.7 Å². The monoisotopic (exact) mass is 354 g/mol. The lowest BCUT2D eigenvalue weighted by Gasteiger charge is -2.14. The molecule has 0 aliphatic heterocycles. The van der Waals surface area contributed by atoms with Crippen molar-refractivity contribution in [3.05, 3.63) is 69.8 Å². The summed E-state index contributed by atoms with van der Waals surface area (Å²) in [4.78, 5) is 9.76. The van der Waals surface area contributed by atoms with Gasteiger partial charge in [0.05, 0.1) is 11.5 Å². The number of benzene rings is 2. The van der Waals surface area contributed by atoms with Crippen molar-refractivity contribution in [1.29, 1.82) is 0 Å². The van der Waals surface area contributed by atoms with Crippen molar-refractivity contribution < 1.29 is 22.8 Å². The minimum Gasteiger partial charge on any atom is -0.493 e. The molecule has 0 saturated heterocycles. The number of nitro benzene ring substituents is 1. The number of nitro groups is 1. The maximum Gasteiger partial charge on any atom is 0.420 e. The maximum atomic E-state index is 13.0. The Balaban J connectivity index is 1.84. The van der Waals surface area contributed by atoms with Gasteiger partial charge in [-0.05, 0) is 24.6 Å². The number of nitrogens with one attached hydrogen (secondary N) is 1. The molecule has 0 spiro atoms. The predicted octanol–water partition coefficient (Wildman–Crippen LogP) is 4.17. The van der Waals surface area contributed by atoms with E-state index in [1.165, 1.54) is 0 Å². The summed E-state index contributed by atoms with van der Waals surface area (Å²) >= 11 is 0. The van der Waals surface area contributed by atoms with E-state index in [9.17, 15) is 23.3 Å². The van der Waals surface area contributed by atoms with Gasteiger partial charge < -0.3 is 10.1 Å². The van der Waals surface area contributed by atoms with Crippen LogP contribution in [0, 0.1) is 10.1 Å². The van der Waals surface area contributed by atoms with Crippen molar-refractivity contribution in [2.24, 2.45) is 0 Å². The molecule has 134 valence electrons. The normalized spacial score (nSPS) is 11.3. The Morgan fingerprint density at radius 2 is 1.84 bits per heavy atom. The smallest absolute Gasteiger partial charge is 0.420 e. The Bertz CT molecular complexity index is 706. The van der Waals surface area contributed by atoms with Gasteiger partial charge in [-0.1, -0.05) is 30.3 Å². The minimum absolute atomic E-state index is 0.0721. The van der Waals surface area contributed by atoms with E-state index in [1.807, 2.05) is 30.3 Å². The second kappa shape index (κ2) is 8.48. The first-order valence-corrected chi connectivity index (χ1v) is 7.61. The van der Waals surface area contributed by atoms with Crippen LogP contribution in [0.3, 0.4) is 0 Å². The molecule has 0 unspecified atom stereocenters. The van der Waals surface area contributed by atoms with Crippen LogP contribution >= 0.6 is 0 Å². The Kier molecular flexibility index (Phi) is 6.35. The third kappa shape index (κ3) is 5.75. The van der Waals surface area contributed by atoms with Gasteiger partial charge in [-0.2, -0.15) is 13.2 Å². The van der Waals surface area contributed by atoms with E-state index in [0.29, 0.717) is 25.6 Å². The summed E-state index contributed by atoms with van der Waals surface area (Å²) in [5.74, 6) is -0.402. The summed E-state index contributed by atoms with van der Waals surface area (Å²) in [5.41, 5.74) is -0.652. The van der Waals surface area contributed by atoms with Gasteiger partial charge in [0, 0.05) is 18.7 Å². The Labute approximate surface area is 142 Å². The van der Waals surface area contributed by atoms with E-state index in [-0.39, 0.29) is 6.61 Å². The molecular weight excluding hydrogens is 337 g/mol. The molecule has 0 heterocycles. The lowest BCUT2D eigenvalue weighted by atomic mass is 10.1. The molecule has 0 aromatic heterocycles. The molecule has 2 rings (SSSR count). The summed E-state index contributed by atoms with van der Waals surface area (Å²) in [6.45, 7) is 1.30. The zero-order chi connectivity index (χ0) is 18.3. The van der Waals surface area contributed by atoms with Crippen molar-refractivity contribution in [3.63, 3.8) is 0 Å². The molecule has 25 heavy (non-hydrogen) atoms. The lowest BCUT2D eigenvalue weighted by Crippen LogP contribution is -2.17. The zero-order valence-electron chi connectivity index (χ0n) is 13.3. The molecule has 0 fully saturated rings. The second-order valence-corrected chi connectivity index (χ2v) is 5.30. The number of rotatable bonds is 8. The van der Waals surface area contributed by atoms with Gasteiger partial charge in [-0.25, -0.2) is 0 Å². The van der Waals surface area contributed by atoms with Gasteiger partial charge in [0.15, 0.2) is 0 Å². The zero-order valence-corrected chi connectivity index (χ0v) is 13.3. The number of ether oxygens (including phenoxy) is 1. The first-order chi connectivity index (χ1) is 11.9. The van der Waals surface area contributed by atoms with Gasteiger partial charge >= 0.3 is 6.18 Å². The average molecular weight is 354 g/mol. The van der Waals surface area contributed by atoms with E-state index >= 15 is 0 Å². The van der Waals surface area contributed by atoms with Gasteiger partial charge in [0.2, 0.25) is 0 Å². The van der Waals surface area contributed by atoms with Crippen molar-refractivity contribution in [2.45, 2.75) is 19.1 Å². The number of halogens is 3. The molecule has 2 aromatic rings. The molecule has 0 radical (unpaired) electrons. The van der Waals surface area contributed by atoms with Crippen LogP contribution in [-0.4, -0.2) is 18.1 Å². The highest BCUT2D eigenvalue weighted by molar-refractivity contribution is 5.45. The molecule has 0 saturated carbocycles. The van der Waals surface area contributed by atoms with Crippen LogP contribution in [0.15, 0.2) is 48.5 Å². The van der Waals surface area contributed by atoms with Crippen molar-refractivity contribution in [1.82, 2.24) is 5.32 Å². The summed E-state index contributed by atoms with van der Waals surface area (Å²) in [6.07, 6.45) is -4.21. The molecule has 0 amide bonds. The summed E-state index contributed by atoms with van der Waals surface area (Å²) in [6, 6.07) is 12.2. The standard InChI is InChI=1S/C17H17F3N2O3/c18-17(19,20)15-11-14(22(23)24)7-8-16(15)25-10-4-9-21-12-13-5-2-1-3-6-13/h1-3,5-8,11,21H,4,9-10,12H2. The Hall–Kier alpha value is -2.61. The summed E-state index contributed by atoms with van der Waals surface area (Å²) in [5, 5.41) is 13.8. The fourth-order valence-electron chi connectivity index (χ4n) is 2.19. The first kappa shape index (κ1) is 18.7. The predicted molar refractivity (Wildman–Crippen MR) is 86.4 cm³/mol. The van der Waals surface area contributed by atoms with E-state index in [0.717, 1.165) is 17.7 Å². The summed E-state index contributed by atoms with van der Waals surface area (Å²) in [7, 11) is 0. The molecule has 0 bridgehead atoms. The Morgan fingerprint density at radius 1 is 1.12 bits per heavy atom. The highest BCUT2D eigenvalue weighted by Gasteiger charge is 2.36. The SMILES string of the molecule is O=[N+]([O-])c1ccc(OCCCNCc2ccccc2)c(C(F)(F)F)c1. The van der Waals surface area contributed by atoms with Gasteiger partial charge in [-0.3, -0.25) is 10.1 Å². The second-order valence-electron chi connectivity index (χ2n) is 5.30. The largest absolute Gasteiger partial charge is 0.493 e. The van der Waals surface area contributed by atoms with Gasteiger partial charge in [0.1, 0.15) is 11.3 Å². The van der Waals surface area contributed by atoms with Gasteiger partial charge in [-0.15, -0.1) is 0 Å². The third-order valence-corrected chi connectivity index (χ3v) is 3.41. The molecule has 0 aliphatic rings. The van der Waals surface area contributed by atoms with Crippen molar-refractivity contribution in [2.75, 3.05) is 13.2 Å². The van der Waals surface area contributed by atoms with E-state index in [4.69, 9.17) is 4.74 Å². The highest BCUT2D eigenvalue weighted by Crippen LogP contribution is 2.38. The molecule has 5 nitrogen and oxygen atoms in total. The quantitative estimate of drug-likeness (QED) is 0.439. The number of hydrogen-bond donors (Lipinski definition) is 1. The van der Waals surface area contributed by atoms with E-state index in [1.54, 1.807) is 0 Å². The van der Waals surface area contributed by atoms with Gasteiger partial charge in [0.25, 0.3) is 5.69 Å². The summed E-state index contributed by atoms with van der Waals surface area (Å²) < 4.78 is 44.2. The fraction of sp³-hybridized carbons (Fsp3) is 0.294. The average Bonchev–Trinajstić information content (AvgIpc) is 2.58. The maximum absolute atomic E-state index is 13.0. The highest BCUT2D eigenvalue weighted by atomic mass is 19.4. The number of alkyl halides is 3. The number of hydrogen-bond acceptors (Lipinski definition) is 4. The van der Waals surface area contributed by atoms with E-state index < -0.39 is 28.1 Å². The van der Waals surface area contributed by atoms with Crippen molar-refractivity contribution in [3.8, 4) is 5.75 Å². The molecule has 1 N–H and O–H groups in total. The third-order valence-electron chi connectivity index (χ3n) is 3.41. The number of non-ortho nitro benzene ring substituents is 1. The Morgan fingerprint density at radius 3 is 2.48 bits per heavy atom. The van der Waals surface area contributed by atoms with E-state index in [2.05, 4.69) is 5.32 Å². The molecular formula is C17H17F3N2O3. The van der Waals surface area contributed by atoms with Crippen LogP contribution in [0.1, 0.15) is 17.5 Å². The van der Waals surface area contributed by atoms with Crippen LogP contribution in [0.4, 0.5) is 18.9 Å². The lowest BCUT2D eigenvalue weighted by molar-refractivity contribution is -0.385. The molecule has 0 atom stereocenters. The molecule has 0 aliphatic carbocycles. The van der Waals surface area contributed by atoms with Crippen LogP contribution in [0.5, 0.6) is 5.75 Å². The first-order valence-electron chi connectivity index (χ1n) is 7.61. The fourth-order valence-corrected chi connectivity index (χ4v) is 2.19. The van der Waals surface area contributed by atoms with Crippen molar-refractivity contribution >= 4 is 5.69 Å². The topological polar surface area (TPSA) is 64.4 Å². The van der Waals surface area contributed by atoms with Crippen LogP contribution in [0.2, 0.25) is 0 Å². The molecule has 8 heteroatoms. The minimum atomic E-state index is -4.72. The molecule has 2 aromatic carbocycles.